The van der Waals surface area contributed by atoms with Crippen molar-refractivity contribution in [2.75, 3.05) is 80.2 Å². The third-order valence-corrected chi connectivity index (χ3v) is 12.5. The van der Waals surface area contributed by atoms with Gasteiger partial charge in [0.05, 0.1) is 28.4 Å². The highest BCUT2D eigenvalue weighted by Crippen LogP contribution is 2.54. The number of fused-ring (bicyclic) bond motifs is 2. The Bertz CT molecular complexity index is 1960. The molecule has 0 radical (unpaired) electrons. The van der Waals surface area contributed by atoms with Gasteiger partial charge in [-0.25, -0.2) is 0 Å². The Hall–Kier alpha value is -4.09. The minimum Gasteiger partial charge on any atom is -0.493 e. The van der Waals surface area contributed by atoms with Gasteiger partial charge in [0, 0.05) is 67.4 Å². The molecule has 6 bridgehead atoms. The van der Waals surface area contributed by atoms with E-state index in [4.69, 9.17) is 28.4 Å². The van der Waals surface area contributed by atoms with Gasteiger partial charge in [0.15, 0.2) is 34.5 Å². The highest BCUT2D eigenvalue weighted by atomic mass is 32.2. The van der Waals surface area contributed by atoms with E-state index in [1.807, 2.05) is 17.8 Å². The number of likely N-dealkylation sites (N-methyl/N-ethyl adjacent to an activating group) is 2. The van der Waals surface area contributed by atoms with Crippen molar-refractivity contribution >= 4 is 11.8 Å². The zero-order valence-corrected chi connectivity index (χ0v) is 32.6. The van der Waals surface area contributed by atoms with Gasteiger partial charge in [0.25, 0.3) is 0 Å². The van der Waals surface area contributed by atoms with E-state index in [-0.39, 0.29) is 12.1 Å². The first kappa shape index (κ1) is 35.9. The molecule has 5 heterocycles. The molecule has 0 aromatic heterocycles. The lowest BCUT2D eigenvalue weighted by molar-refractivity contribution is 0.216. The first-order valence-electron chi connectivity index (χ1n) is 18.7. The predicted octanol–water partition coefficient (Wildman–Crippen LogP) is 7.71. The molecule has 280 valence electrons. The summed E-state index contributed by atoms with van der Waals surface area (Å²) in [5.74, 6) is 7.90. The summed E-state index contributed by atoms with van der Waals surface area (Å²) in [4.78, 5) is 7.44. The van der Waals surface area contributed by atoms with Crippen LogP contribution in [0.25, 0.3) is 0 Å². The number of thioether (sulfide) groups is 1. The highest BCUT2D eigenvalue weighted by molar-refractivity contribution is 7.99. The fraction of sp³-hybridized carbons (Fsp3) is 0.442. The van der Waals surface area contributed by atoms with Crippen molar-refractivity contribution in [1.29, 1.82) is 0 Å². The van der Waals surface area contributed by atoms with Crippen LogP contribution in [-0.4, -0.2) is 94.9 Å². The van der Waals surface area contributed by atoms with Gasteiger partial charge in [-0.15, -0.1) is 0 Å². The first-order chi connectivity index (χ1) is 25.9. The van der Waals surface area contributed by atoms with Gasteiger partial charge in [0.1, 0.15) is 5.75 Å². The molecule has 0 spiro atoms. The van der Waals surface area contributed by atoms with Gasteiger partial charge in [-0.05, 0) is 104 Å². The van der Waals surface area contributed by atoms with Gasteiger partial charge in [-0.2, -0.15) is 11.8 Å². The molecule has 10 heteroatoms. The van der Waals surface area contributed by atoms with Crippen LogP contribution in [0.2, 0.25) is 0 Å². The van der Waals surface area contributed by atoms with Crippen LogP contribution >= 0.6 is 11.8 Å². The highest BCUT2D eigenvalue weighted by Gasteiger charge is 2.37. The lowest BCUT2D eigenvalue weighted by Gasteiger charge is -2.39. The molecule has 1 saturated heterocycles. The molecule has 0 saturated carbocycles. The second kappa shape index (κ2) is 15.3. The minimum atomic E-state index is -0.0221. The van der Waals surface area contributed by atoms with Gasteiger partial charge in [0.2, 0.25) is 5.75 Å². The average Bonchev–Trinajstić information content (AvgIpc) is 3.18. The van der Waals surface area contributed by atoms with Gasteiger partial charge < -0.3 is 28.4 Å². The molecule has 9 nitrogen and oxygen atoms in total. The molecule has 1 fully saturated rings. The molecule has 0 amide bonds. The van der Waals surface area contributed by atoms with Crippen molar-refractivity contribution in [3.63, 3.8) is 0 Å². The smallest absolute Gasteiger partial charge is 0.204 e. The number of ether oxygens (including phenoxy) is 6. The Morgan fingerprint density at radius 1 is 0.679 bits per heavy atom. The summed E-state index contributed by atoms with van der Waals surface area (Å²) in [6.07, 6.45) is 3.38. The van der Waals surface area contributed by atoms with E-state index in [2.05, 4.69) is 77.3 Å². The zero-order valence-electron chi connectivity index (χ0n) is 31.8. The maximum atomic E-state index is 7.26. The van der Waals surface area contributed by atoms with Crippen molar-refractivity contribution < 1.29 is 28.4 Å². The molecule has 4 aromatic rings. The third-order valence-electron chi connectivity index (χ3n) is 11.6. The molecule has 2 atom stereocenters. The van der Waals surface area contributed by atoms with E-state index < -0.39 is 0 Å². The number of hydrogen-bond donors (Lipinski definition) is 0. The van der Waals surface area contributed by atoms with Crippen LogP contribution in [0.3, 0.4) is 0 Å². The average molecular weight is 738 g/mol. The quantitative estimate of drug-likeness (QED) is 0.197. The van der Waals surface area contributed by atoms with Crippen molar-refractivity contribution in [3.05, 3.63) is 93.5 Å². The van der Waals surface area contributed by atoms with Gasteiger partial charge in [-0.1, -0.05) is 18.2 Å². The van der Waals surface area contributed by atoms with Crippen LogP contribution in [0.15, 0.2) is 54.6 Å². The second-order valence-corrected chi connectivity index (χ2v) is 15.8. The predicted molar refractivity (Wildman–Crippen MR) is 210 cm³/mol. The van der Waals surface area contributed by atoms with Crippen molar-refractivity contribution in [2.24, 2.45) is 0 Å². The number of methoxy groups -OCH3 is 4. The van der Waals surface area contributed by atoms with Gasteiger partial charge >= 0.3 is 0 Å². The monoisotopic (exact) mass is 737 g/mol. The maximum Gasteiger partial charge on any atom is 0.204 e. The van der Waals surface area contributed by atoms with E-state index in [9.17, 15) is 0 Å². The standard InChI is InChI=1S/C43H51N3O6S/c1-44-15-13-29-24-37(48-4)39-25-32(29)34(44)21-27-7-10-30(11-8-27)51-38-23-28(9-12-36(38)47-3)22-35-40-31(14-16-45(35)2)33(26-46-17-19-53-20-18-46)41(49-5)43(50-6)42(40)52-39/h7-12,23-25,34-35H,13-22,26H2,1-6H3/t34-,35-/m0/s1. The maximum absolute atomic E-state index is 7.26. The molecule has 0 unspecified atom stereocenters. The molecule has 5 aliphatic heterocycles. The number of benzene rings is 4. The first-order valence-corrected chi connectivity index (χ1v) is 19.9. The Morgan fingerprint density at radius 2 is 1.36 bits per heavy atom. The number of hydrogen-bond acceptors (Lipinski definition) is 10. The molecule has 53 heavy (non-hydrogen) atoms. The second-order valence-electron chi connectivity index (χ2n) is 14.6. The molecule has 0 aliphatic carbocycles. The fourth-order valence-electron chi connectivity index (χ4n) is 8.66. The van der Waals surface area contributed by atoms with Crippen LogP contribution in [-0.2, 0) is 32.2 Å². The van der Waals surface area contributed by atoms with E-state index in [0.717, 1.165) is 92.5 Å². The lowest BCUT2D eigenvalue weighted by Crippen LogP contribution is -2.36. The summed E-state index contributed by atoms with van der Waals surface area (Å²) < 4.78 is 38.4. The lowest BCUT2D eigenvalue weighted by atomic mass is 9.84. The summed E-state index contributed by atoms with van der Waals surface area (Å²) in [6, 6.07) is 19.3. The summed E-state index contributed by atoms with van der Waals surface area (Å²) in [7, 11) is 11.3. The van der Waals surface area contributed by atoms with Crippen LogP contribution < -0.4 is 28.4 Å². The molecule has 4 aromatic carbocycles. The molecule has 9 rings (SSSR count). The minimum absolute atomic E-state index is 0.0221. The van der Waals surface area contributed by atoms with Crippen molar-refractivity contribution in [2.45, 2.75) is 44.3 Å². The Kier molecular flexibility index (Phi) is 10.4. The topological polar surface area (TPSA) is 65.1 Å². The fourth-order valence-corrected chi connectivity index (χ4v) is 9.64. The zero-order chi connectivity index (χ0) is 36.6. The third kappa shape index (κ3) is 6.91. The number of rotatable bonds is 6. The normalized spacial score (nSPS) is 20.3. The van der Waals surface area contributed by atoms with Crippen LogP contribution in [0, 0.1) is 0 Å². The number of nitrogens with zero attached hydrogens (tertiary/aromatic N) is 3. The van der Waals surface area contributed by atoms with E-state index >= 15 is 0 Å². The van der Waals surface area contributed by atoms with E-state index in [1.54, 1.807) is 28.4 Å². The van der Waals surface area contributed by atoms with E-state index in [0.29, 0.717) is 34.5 Å². The Balaban J connectivity index is 1.37. The molecular weight excluding hydrogens is 687 g/mol. The summed E-state index contributed by atoms with van der Waals surface area (Å²) >= 11 is 2.02. The van der Waals surface area contributed by atoms with Crippen molar-refractivity contribution in [1.82, 2.24) is 14.7 Å². The SMILES string of the molecule is COc1ccc2cc1Oc1ccc(cc1)C[C@H]1c3cc(c(OC)cc3CCN1C)Oc1c(OC)c(OC)c(CN3CCSCC3)c3c1[C@H](C2)N(C)CC3. The van der Waals surface area contributed by atoms with Crippen LogP contribution in [0.4, 0.5) is 0 Å². The van der Waals surface area contributed by atoms with E-state index in [1.165, 1.54) is 27.8 Å². The molecular formula is C43H51N3O6S. The van der Waals surface area contributed by atoms with Crippen LogP contribution in [0.1, 0.15) is 51.0 Å². The largest absolute Gasteiger partial charge is 0.493 e. The Morgan fingerprint density at radius 3 is 2.09 bits per heavy atom. The molecule has 0 N–H and O–H groups in total. The summed E-state index contributed by atoms with van der Waals surface area (Å²) in [5, 5.41) is 0. The summed E-state index contributed by atoms with van der Waals surface area (Å²) in [6.45, 7) is 4.75. The Labute approximate surface area is 318 Å². The van der Waals surface area contributed by atoms with Crippen molar-refractivity contribution in [3.8, 4) is 46.0 Å². The van der Waals surface area contributed by atoms with Gasteiger partial charge in [-0.3, -0.25) is 14.7 Å². The summed E-state index contributed by atoms with van der Waals surface area (Å²) in [5.41, 5.74) is 8.53. The molecule has 5 aliphatic rings. The van der Waals surface area contributed by atoms with Crippen LogP contribution in [0.5, 0.6) is 46.0 Å².